The number of amides is 1. The lowest BCUT2D eigenvalue weighted by atomic mass is 10.1. The van der Waals surface area contributed by atoms with Crippen LogP contribution in [0.4, 0.5) is 5.69 Å². The molecule has 1 aromatic rings. The Morgan fingerprint density at radius 1 is 1.44 bits per heavy atom. The Balaban J connectivity index is 2.56. The summed E-state index contributed by atoms with van der Waals surface area (Å²) in [5, 5.41) is 2.93. The van der Waals surface area contributed by atoms with Crippen molar-refractivity contribution in [3.8, 4) is 0 Å². The molecule has 0 bridgehead atoms. The van der Waals surface area contributed by atoms with Gasteiger partial charge in [-0.3, -0.25) is 4.79 Å². The number of rotatable bonds is 4. The standard InChI is InChI=1S/C13H18BrNO/c1-9(2)4-7-13(16)15-12-6-5-11(14)8-10(12)3/h5-6,8-9H,4,7H2,1-3H3,(H,15,16). The van der Waals surface area contributed by atoms with E-state index >= 15 is 0 Å². The van der Waals surface area contributed by atoms with Crippen molar-refractivity contribution in [1.29, 1.82) is 0 Å². The van der Waals surface area contributed by atoms with Gasteiger partial charge in [0.15, 0.2) is 0 Å². The topological polar surface area (TPSA) is 29.1 Å². The molecule has 0 unspecified atom stereocenters. The highest BCUT2D eigenvalue weighted by Crippen LogP contribution is 2.20. The molecule has 1 N–H and O–H groups in total. The van der Waals surface area contributed by atoms with Crippen LogP contribution in [0.1, 0.15) is 32.3 Å². The zero-order chi connectivity index (χ0) is 12.1. The van der Waals surface area contributed by atoms with Gasteiger partial charge in [-0.15, -0.1) is 0 Å². The average molecular weight is 284 g/mol. The number of halogens is 1. The van der Waals surface area contributed by atoms with Gasteiger partial charge in [0.2, 0.25) is 5.91 Å². The first kappa shape index (κ1) is 13.2. The first-order valence-electron chi connectivity index (χ1n) is 5.55. The van der Waals surface area contributed by atoms with Crippen LogP contribution >= 0.6 is 15.9 Å². The minimum Gasteiger partial charge on any atom is -0.326 e. The average Bonchev–Trinajstić information content (AvgIpc) is 2.19. The van der Waals surface area contributed by atoms with Crippen molar-refractivity contribution in [2.45, 2.75) is 33.6 Å². The van der Waals surface area contributed by atoms with Crippen molar-refractivity contribution in [2.24, 2.45) is 5.92 Å². The van der Waals surface area contributed by atoms with E-state index < -0.39 is 0 Å². The van der Waals surface area contributed by atoms with Crippen LogP contribution in [0.5, 0.6) is 0 Å². The lowest BCUT2D eigenvalue weighted by Crippen LogP contribution is -2.12. The Morgan fingerprint density at radius 3 is 2.69 bits per heavy atom. The summed E-state index contributed by atoms with van der Waals surface area (Å²) in [6.07, 6.45) is 1.52. The molecule has 88 valence electrons. The summed E-state index contributed by atoms with van der Waals surface area (Å²) >= 11 is 3.40. The summed E-state index contributed by atoms with van der Waals surface area (Å²) in [4.78, 5) is 11.6. The van der Waals surface area contributed by atoms with Crippen molar-refractivity contribution in [2.75, 3.05) is 5.32 Å². The molecule has 3 heteroatoms. The molecule has 1 rings (SSSR count). The third-order valence-electron chi connectivity index (χ3n) is 2.41. The van der Waals surface area contributed by atoms with Crippen LogP contribution in [-0.2, 0) is 4.79 Å². The van der Waals surface area contributed by atoms with Crippen LogP contribution in [0.2, 0.25) is 0 Å². The smallest absolute Gasteiger partial charge is 0.224 e. The Labute approximate surface area is 106 Å². The predicted molar refractivity (Wildman–Crippen MR) is 71.6 cm³/mol. The molecule has 0 aromatic heterocycles. The minimum atomic E-state index is 0.0964. The summed E-state index contributed by atoms with van der Waals surface area (Å²) in [5.74, 6) is 0.663. The molecule has 0 fully saturated rings. The molecule has 0 atom stereocenters. The van der Waals surface area contributed by atoms with Gasteiger partial charge in [-0.05, 0) is 43.0 Å². The van der Waals surface area contributed by atoms with Crippen LogP contribution in [0.25, 0.3) is 0 Å². The van der Waals surface area contributed by atoms with E-state index in [9.17, 15) is 4.79 Å². The summed E-state index contributed by atoms with van der Waals surface area (Å²) in [5.41, 5.74) is 1.98. The fourth-order valence-electron chi connectivity index (χ4n) is 1.40. The number of carbonyl (C=O) groups excluding carboxylic acids is 1. The van der Waals surface area contributed by atoms with Gasteiger partial charge in [0.25, 0.3) is 0 Å². The van der Waals surface area contributed by atoms with E-state index in [0.29, 0.717) is 12.3 Å². The van der Waals surface area contributed by atoms with E-state index in [4.69, 9.17) is 0 Å². The molecule has 0 saturated heterocycles. The summed E-state index contributed by atoms with van der Waals surface area (Å²) in [6, 6.07) is 5.86. The van der Waals surface area contributed by atoms with Crippen molar-refractivity contribution in [1.82, 2.24) is 0 Å². The highest BCUT2D eigenvalue weighted by atomic mass is 79.9. The van der Waals surface area contributed by atoms with E-state index in [1.807, 2.05) is 25.1 Å². The number of hydrogen-bond acceptors (Lipinski definition) is 1. The maximum atomic E-state index is 11.6. The molecule has 0 heterocycles. The lowest BCUT2D eigenvalue weighted by Gasteiger charge is -2.09. The predicted octanol–water partition coefficient (Wildman–Crippen LogP) is 4.13. The highest BCUT2D eigenvalue weighted by Gasteiger charge is 2.05. The minimum absolute atomic E-state index is 0.0964. The number of nitrogens with one attached hydrogen (secondary N) is 1. The van der Waals surface area contributed by atoms with Crippen LogP contribution in [0.3, 0.4) is 0 Å². The fourth-order valence-corrected chi connectivity index (χ4v) is 1.88. The Hall–Kier alpha value is -0.830. The molecule has 0 spiro atoms. The van der Waals surface area contributed by atoms with Crippen molar-refractivity contribution < 1.29 is 4.79 Å². The molecular formula is C13H18BrNO. The second kappa shape index (κ2) is 6.04. The number of carbonyl (C=O) groups is 1. The second-order valence-electron chi connectivity index (χ2n) is 4.44. The normalized spacial score (nSPS) is 10.6. The van der Waals surface area contributed by atoms with Gasteiger partial charge in [-0.2, -0.15) is 0 Å². The fraction of sp³-hybridized carbons (Fsp3) is 0.462. The van der Waals surface area contributed by atoms with Gasteiger partial charge in [0.05, 0.1) is 0 Å². The number of anilines is 1. The summed E-state index contributed by atoms with van der Waals surface area (Å²) in [6.45, 7) is 6.24. The molecule has 0 aliphatic carbocycles. The Kier molecular flexibility index (Phi) is 5.00. The number of hydrogen-bond donors (Lipinski definition) is 1. The van der Waals surface area contributed by atoms with Crippen LogP contribution in [-0.4, -0.2) is 5.91 Å². The highest BCUT2D eigenvalue weighted by molar-refractivity contribution is 9.10. The zero-order valence-corrected chi connectivity index (χ0v) is 11.6. The Morgan fingerprint density at radius 2 is 2.12 bits per heavy atom. The monoisotopic (exact) mass is 283 g/mol. The van der Waals surface area contributed by atoms with E-state index in [0.717, 1.165) is 22.1 Å². The molecule has 16 heavy (non-hydrogen) atoms. The van der Waals surface area contributed by atoms with Crippen LogP contribution in [0, 0.1) is 12.8 Å². The van der Waals surface area contributed by atoms with Gasteiger partial charge in [0.1, 0.15) is 0 Å². The maximum Gasteiger partial charge on any atom is 0.224 e. The first-order chi connectivity index (χ1) is 7.49. The molecule has 0 radical (unpaired) electrons. The second-order valence-corrected chi connectivity index (χ2v) is 5.36. The van der Waals surface area contributed by atoms with Gasteiger partial charge in [-0.1, -0.05) is 29.8 Å². The zero-order valence-electron chi connectivity index (χ0n) is 10.0. The molecule has 2 nitrogen and oxygen atoms in total. The first-order valence-corrected chi connectivity index (χ1v) is 6.34. The van der Waals surface area contributed by atoms with Gasteiger partial charge < -0.3 is 5.32 Å². The number of aryl methyl sites for hydroxylation is 1. The van der Waals surface area contributed by atoms with E-state index in [2.05, 4.69) is 35.1 Å². The molecule has 0 aliphatic rings. The Bertz CT molecular complexity index is 374. The molecule has 1 aromatic carbocycles. The molecular weight excluding hydrogens is 266 g/mol. The third-order valence-corrected chi connectivity index (χ3v) is 2.90. The van der Waals surface area contributed by atoms with Crippen molar-refractivity contribution in [3.05, 3.63) is 28.2 Å². The maximum absolute atomic E-state index is 11.6. The van der Waals surface area contributed by atoms with E-state index in [-0.39, 0.29) is 5.91 Å². The van der Waals surface area contributed by atoms with Crippen LogP contribution in [0.15, 0.2) is 22.7 Å². The largest absolute Gasteiger partial charge is 0.326 e. The van der Waals surface area contributed by atoms with E-state index in [1.54, 1.807) is 0 Å². The quantitative estimate of drug-likeness (QED) is 0.884. The van der Waals surface area contributed by atoms with Gasteiger partial charge in [-0.25, -0.2) is 0 Å². The summed E-state index contributed by atoms with van der Waals surface area (Å²) in [7, 11) is 0. The lowest BCUT2D eigenvalue weighted by molar-refractivity contribution is -0.116. The molecule has 0 saturated carbocycles. The van der Waals surface area contributed by atoms with Gasteiger partial charge >= 0.3 is 0 Å². The van der Waals surface area contributed by atoms with E-state index in [1.165, 1.54) is 0 Å². The SMILES string of the molecule is Cc1cc(Br)ccc1NC(=O)CCC(C)C. The molecule has 1 amide bonds. The molecule has 0 aliphatic heterocycles. The van der Waals surface area contributed by atoms with Gasteiger partial charge in [0, 0.05) is 16.6 Å². The third kappa shape index (κ3) is 4.35. The number of benzene rings is 1. The van der Waals surface area contributed by atoms with Crippen LogP contribution < -0.4 is 5.32 Å². The summed E-state index contributed by atoms with van der Waals surface area (Å²) < 4.78 is 1.03. The van der Waals surface area contributed by atoms with Crippen molar-refractivity contribution in [3.63, 3.8) is 0 Å². The van der Waals surface area contributed by atoms with Crippen molar-refractivity contribution >= 4 is 27.5 Å².